The molecule has 0 saturated carbocycles. The SMILES string of the molecule is CCc1cnc(-c2ccnc(C)c2)s1. The van der Waals surface area contributed by atoms with Crippen LogP contribution in [0, 0.1) is 6.92 Å². The fraction of sp³-hybridized carbons (Fsp3) is 0.273. The molecule has 2 heterocycles. The molecular weight excluding hydrogens is 192 g/mol. The lowest BCUT2D eigenvalue weighted by Gasteiger charge is -1.96. The first-order chi connectivity index (χ1) is 6.79. The van der Waals surface area contributed by atoms with Crippen LogP contribution in [0.1, 0.15) is 17.5 Å². The molecule has 0 N–H and O–H groups in total. The van der Waals surface area contributed by atoms with Crippen LogP contribution in [0.25, 0.3) is 10.6 Å². The molecule has 2 rings (SSSR count). The van der Waals surface area contributed by atoms with E-state index in [1.54, 1.807) is 11.3 Å². The minimum Gasteiger partial charge on any atom is -0.262 e. The van der Waals surface area contributed by atoms with Crippen LogP contribution >= 0.6 is 11.3 Å². The first-order valence-electron chi connectivity index (χ1n) is 4.67. The lowest BCUT2D eigenvalue weighted by molar-refractivity contribution is 1.17. The summed E-state index contributed by atoms with van der Waals surface area (Å²) < 4.78 is 0. The Labute approximate surface area is 87.7 Å². The summed E-state index contributed by atoms with van der Waals surface area (Å²) >= 11 is 1.76. The molecule has 0 spiro atoms. The van der Waals surface area contributed by atoms with Crippen molar-refractivity contribution in [2.24, 2.45) is 0 Å². The van der Waals surface area contributed by atoms with Crippen LogP contribution in [0.15, 0.2) is 24.5 Å². The fourth-order valence-corrected chi connectivity index (χ4v) is 2.13. The van der Waals surface area contributed by atoms with Crippen molar-refractivity contribution >= 4 is 11.3 Å². The highest BCUT2D eigenvalue weighted by Crippen LogP contribution is 2.25. The largest absolute Gasteiger partial charge is 0.262 e. The molecule has 14 heavy (non-hydrogen) atoms. The van der Waals surface area contributed by atoms with E-state index in [2.05, 4.69) is 23.0 Å². The average Bonchev–Trinajstić information content (AvgIpc) is 2.66. The zero-order valence-corrected chi connectivity index (χ0v) is 9.14. The van der Waals surface area contributed by atoms with Crippen molar-refractivity contribution in [1.82, 2.24) is 9.97 Å². The van der Waals surface area contributed by atoms with E-state index in [0.29, 0.717) is 0 Å². The predicted octanol–water partition coefficient (Wildman–Crippen LogP) is 3.08. The summed E-state index contributed by atoms with van der Waals surface area (Å²) in [7, 11) is 0. The highest BCUT2D eigenvalue weighted by molar-refractivity contribution is 7.15. The minimum atomic E-state index is 1.04. The third-order valence-electron chi connectivity index (χ3n) is 2.05. The van der Waals surface area contributed by atoms with Gasteiger partial charge in [0.05, 0.1) is 0 Å². The maximum atomic E-state index is 4.39. The predicted molar refractivity (Wildman–Crippen MR) is 59.5 cm³/mol. The summed E-state index contributed by atoms with van der Waals surface area (Å²) in [6, 6.07) is 4.07. The molecule has 0 fully saturated rings. The Morgan fingerprint density at radius 3 is 2.86 bits per heavy atom. The zero-order valence-electron chi connectivity index (χ0n) is 8.32. The van der Waals surface area contributed by atoms with Gasteiger partial charge in [-0.1, -0.05) is 6.92 Å². The van der Waals surface area contributed by atoms with Gasteiger partial charge < -0.3 is 0 Å². The van der Waals surface area contributed by atoms with E-state index in [-0.39, 0.29) is 0 Å². The average molecular weight is 204 g/mol. The van der Waals surface area contributed by atoms with Crippen molar-refractivity contribution in [1.29, 1.82) is 0 Å². The minimum absolute atomic E-state index is 1.04. The maximum absolute atomic E-state index is 4.39. The summed E-state index contributed by atoms with van der Waals surface area (Å²) in [5, 5.41) is 1.09. The van der Waals surface area contributed by atoms with Crippen LogP contribution in [0.4, 0.5) is 0 Å². The smallest absolute Gasteiger partial charge is 0.123 e. The van der Waals surface area contributed by atoms with Gasteiger partial charge in [0.1, 0.15) is 5.01 Å². The van der Waals surface area contributed by atoms with Crippen molar-refractivity contribution in [2.75, 3.05) is 0 Å². The zero-order chi connectivity index (χ0) is 9.97. The second kappa shape index (κ2) is 3.88. The summed E-state index contributed by atoms with van der Waals surface area (Å²) in [5.74, 6) is 0. The molecule has 0 bridgehead atoms. The first kappa shape index (κ1) is 9.34. The van der Waals surface area contributed by atoms with Crippen molar-refractivity contribution in [3.05, 3.63) is 35.1 Å². The molecule has 0 aliphatic carbocycles. The number of rotatable bonds is 2. The Kier molecular flexibility index (Phi) is 2.59. The third kappa shape index (κ3) is 1.82. The van der Waals surface area contributed by atoms with Gasteiger partial charge in [-0.2, -0.15) is 0 Å². The number of thiazole rings is 1. The van der Waals surface area contributed by atoms with Crippen molar-refractivity contribution in [3.63, 3.8) is 0 Å². The van der Waals surface area contributed by atoms with E-state index in [0.717, 1.165) is 17.1 Å². The summed E-state index contributed by atoms with van der Waals surface area (Å²) in [6.07, 6.45) is 4.84. The summed E-state index contributed by atoms with van der Waals surface area (Å²) in [6.45, 7) is 4.15. The Morgan fingerprint density at radius 2 is 2.21 bits per heavy atom. The van der Waals surface area contributed by atoms with E-state index >= 15 is 0 Å². The second-order valence-corrected chi connectivity index (χ2v) is 4.29. The van der Waals surface area contributed by atoms with Gasteiger partial charge in [0.2, 0.25) is 0 Å². The Morgan fingerprint density at radius 1 is 1.36 bits per heavy atom. The monoisotopic (exact) mass is 204 g/mol. The molecule has 0 aliphatic heterocycles. The number of hydrogen-bond donors (Lipinski definition) is 0. The molecule has 0 unspecified atom stereocenters. The van der Waals surface area contributed by atoms with Gasteiger partial charge in [0, 0.05) is 28.5 Å². The number of aromatic nitrogens is 2. The number of nitrogens with zero attached hydrogens (tertiary/aromatic N) is 2. The number of pyridine rings is 1. The summed E-state index contributed by atoms with van der Waals surface area (Å²) in [4.78, 5) is 9.89. The second-order valence-electron chi connectivity index (χ2n) is 3.17. The molecule has 3 heteroatoms. The van der Waals surface area contributed by atoms with Gasteiger partial charge >= 0.3 is 0 Å². The molecule has 2 aromatic heterocycles. The molecule has 0 saturated heterocycles. The van der Waals surface area contributed by atoms with Gasteiger partial charge in [0.15, 0.2) is 0 Å². The molecule has 0 atom stereocenters. The standard InChI is InChI=1S/C11H12N2S/c1-3-10-7-13-11(14-10)9-4-5-12-8(2)6-9/h4-7H,3H2,1-2H3. The van der Waals surface area contributed by atoms with Gasteiger partial charge in [-0.25, -0.2) is 4.98 Å². The van der Waals surface area contributed by atoms with Crippen LogP contribution in [-0.2, 0) is 6.42 Å². The van der Waals surface area contributed by atoms with Crippen LogP contribution < -0.4 is 0 Å². The van der Waals surface area contributed by atoms with Crippen LogP contribution in [0.3, 0.4) is 0 Å². The van der Waals surface area contributed by atoms with Crippen molar-refractivity contribution < 1.29 is 0 Å². The molecule has 2 nitrogen and oxygen atoms in total. The topological polar surface area (TPSA) is 25.8 Å². The first-order valence-corrected chi connectivity index (χ1v) is 5.49. The van der Waals surface area contributed by atoms with Gasteiger partial charge in [-0.05, 0) is 25.5 Å². The van der Waals surface area contributed by atoms with E-state index in [4.69, 9.17) is 0 Å². The van der Waals surface area contributed by atoms with E-state index in [9.17, 15) is 0 Å². The third-order valence-corrected chi connectivity index (χ3v) is 3.24. The number of hydrogen-bond acceptors (Lipinski definition) is 3. The summed E-state index contributed by atoms with van der Waals surface area (Å²) in [5.41, 5.74) is 2.21. The van der Waals surface area contributed by atoms with Gasteiger partial charge in [-0.15, -0.1) is 11.3 Å². The molecule has 0 amide bonds. The quantitative estimate of drug-likeness (QED) is 0.751. The molecular formula is C11H12N2S. The van der Waals surface area contributed by atoms with E-state index in [1.807, 2.05) is 25.4 Å². The molecule has 72 valence electrons. The molecule has 0 radical (unpaired) electrons. The normalized spacial score (nSPS) is 10.4. The van der Waals surface area contributed by atoms with E-state index in [1.165, 1.54) is 10.4 Å². The van der Waals surface area contributed by atoms with Crippen LogP contribution in [0.2, 0.25) is 0 Å². The lowest BCUT2D eigenvalue weighted by atomic mass is 10.2. The van der Waals surface area contributed by atoms with Gasteiger partial charge in [-0.3, -0.25) is 4.98 Å². The molecule has 0 aromatic carbocycles. The lowest BCUT2D eigenvalue weighted by Crippen LogP contribution is -1.81. The Bertz CT molecular complexity index is 434. The van der Waals surface area contributed by atoms with Crippen LogP contribution in [-0.4, -0.2) is 9.97 Å². The Balaban J connectivity index is 2.39. The Hall–Kier alpha value is -1.22. The van der Waals surface area contributed by atoms with Crippen molar-refractivity contribution in [2.45, 2.75) is 20.3 Å². The highest BCUT2D eigenvalue weighted by atomic mass is 32.1. The maximum Gasteiger partial charge on any atom is 0.123 e. The van der Waals surface area contributed by atoms with Crippen LogP contribution in [0.5, 0.6) is 0 Å². The highest BCUT2D eigenvalue weighted by Gasteiger charge is 2.03. The van der Waals surface area contributed by atoms with Crippen molar-refractivity contribution in [3.8, 4) is 10.6 Å². The molecule has 2 aromatic rings. The van der Waals surface area contributed by atoms with Gasteiger partial charge in [0.25, 0.3) is 0 Å². The number of aryl methyl sites for hydroxylation is 2. The molecule has 0 aliphatic rings. The van der Waals surface area contributed by atoms with E-state index < -0.39 is 0 Å². The fourth-order valence-electron chi connectivity index (χ4n) is 1.28.